The van der Waals surface area contributed by atoms with E-state index in [0.29, 0.717) is 10.0 Å². The summed E-state index contributed by atoms with van der Waals surface area (Å²) in [5.74, 6) is 0.213. The zero-order valence-electron chi connectivity index (χ0n) is 10.5. The topological polar surface area (TPSA) is 102 Å². The van der Waals surface area contributed by atoms with Crippen molar-refractivity contribution in [1.82, 2.24) is 0 Å². The van der Waals surface area contributed by atoms with E-state index in [9.17, 15) is 10.1 Å². The van der Waals surface area contributed by atoms with E-state index in [1.165, 1.54) is 18.2 Å². The lowest BCUT2D eigenvalue weighted by molar-refractivity contribution is -0.384. The maximum absolute atomic E-state index is 10.8. The van der Waals surface area contributed by atoms with Crippen LogP contribution in [-0.4, -0.2) is 10.8 Å². The number of nitro groups is 1. The third-order valence-corrected chi connectivity index (χ3v) is 3.38. The van der Waals surface area contributed by atoms with Crippen LogP contribution < -0.4 is 10.5 Å². The lowest BCUT2D eigenvalue weighted by Crippen LogP contribution is -2.12. The van der Waals surface area contributed by atoms with Crippen molar-refractivity contribution in [2.45, 2.75) is 0 Å². The zero-order valence-corrected chi connectivity index (χ0v) is 12.8. The van der Waals surface area contributed by atoms with Crippen molar-refractivity contribution in [3.8, 4) is 11.5 Å². The molecule has 3 N–H and O–H groups in total. The SMILES string of the molecule is N=C(N)c1ccc(Br)cc1Oc1cc([N+](=O)[O-])ccc1Cl. The van der Waals surface area contributed by atoms with E-state index in [4.69, 9.17) is 27.5 Å². The minimum atomic E-state index is -0.546. The van der Waals surface area contributed by atoms with Gasteiger partial charge in [0.05, 0.1) is 21.6 Å². The van der Waals surface area contributed by atoms with E-state index < -0.39 is 4.92 Å². The van der Waals surface area contributed by atoms with Gasteiger partial charge in [-0.15, -0.1) is 0 Å². The number of amidine groups is 1. The zero-order chi connectivity index (χ0) is 15.6. The first-order valence-electron chi connectivity index (χ1n) is 5.64. The Morgan fingerprint density at radius 1 is 1.29 bits per heavy atom. The van der Waals surface area contributed by atoms with Crippen molar-refractivity contribution < 1.29 is 9.66 Å². The van der Waals surface area contributed by atoms with Gasteiger partial charge in [0.15, 0.2) is 5.75 Å². The summed E-state index contributed by atoms with van der Waals surface area (Å²) >= 11 is 9.26. The van der Waals surface area contributed by atoms with Crippen molar-refractivity contribution in [1.29, 1.82) is 5.41 Å². The van der Waals surface area contributed by atoms with Crippen LogP contribution in [-0.2, 0) is 0 Å². The average Bonchev–Trinajstić information content (AvgIpc) is 2.40. The molecule has 0 heterocycles. The van der Waals surface area contributed by atoms with E-state index in [2.05, 4.69) is 15.9 Å². The van der Waals surface area contributed by atoms with Gasteiger partial charge in [-0.2, -0.15) is 0 Å². The van der Waals surface area contributed by atoms with Crippen LogP contribution in [0.5, 0.6) is 11.5 Å². The van der Waals surface area contributed by atoms with Gasteiger partial charge in [0.25, 0.3) is 5.69 Å². The molecule has 0 atom stereocenters. The van der Waals surface area contributed by atoms with Gasteiger partial charge in [-0.25, -0.2) is 0 Å². The average molecular weight is 371 g/mol. The molecular weight excluding hydrogens is 362 g/mol. The van der Waals surface area contributed by atoms with Gasteiger partial charge >= 0.3 is 0 Å². The summed E-state index contributed by atoms with van der Waals surface area (Å²) in [6.45, 7) is 0. The fourth-order valence-corrected chi connectivity index (χ4v) is 2.10. The smallest absolute Gasteiger partial charge is 0.273 e. The fraction of sp³-hybridized carbons (Fsp3) is 0. The van der Waals surface area contributed by atoms with Crippen molar-refractivity contribution in [2.24, 2.45) is 5.73 Å². The normalized spacial score (nSPS) is 10.2. The predicted molar refractivity (Wildman–Crippen MR) is 83.3 cm³/mol. The molecule has 2 aromatic carbocycles. The maximum atomic E-state index is 10.8. The van der Waals surface area contributed by atoms with E-state index in [1.54, 1.807) is 18.2 Å². The monoisotopic (exact) mass is 369 g/mol. The molecule has 0 bridgehead atoms. The van der Waals surface area contributed by atoms with Crippen LogP contribution in [0, 0.1) is 15.5 Å². The number of hydrogen-bond acceptors (Lipinski definition) is 4. The Morgan fingerprint density at radius 3 is 2.62 bits per heavy atom. The standard InChI is InChI=1S/C13H9BrClN3O3/c14-7-1-3-9(13(16)17)11(5-7)21-12-6-8(18(19)20)2-4-10(12)15/h1-6H,(H3,16,17). The molecule has 2 aromatic rings. The second-order valence-electron chi connectivity index (χ2n) is 4.03. The van der Waals surface area contributed by atoms with Gasteiger partial charge in [0.2, 0.25) is 0 Å². The molecule has 0 saturated carbocycles. The highest BCUT2D eigenvalue weighted by Crippen LogP contribution is 2.35. The molecule has 0 aliphatic carbocycles. The molecule has 6 nitrogen and oxygen atoms in total. The molecule has 0 saturated heterocycles. The number of nitrogens with two attached hydrogens (primary N) is 1. The Bertz CT molecular complexity index is 737. The number of ether oxygens (including phenoxy) is 1. The third kappa shape index (κ3) is 3.50. The maximum Gasteiger partial charge on any atom is 0.273 e. The first-order chi connectivity index (χ1) is 9.88. The van der Waals surface area contributed by atoms with Gasteiger partial charge in [-0.05, 0) is 24.3 Å². The molecule has 0 aliphatic rings. The molecule has 8 heteroatoms. The highest BCUT2D eigenvalue weighted by atomic mass is 79.9. The molecular formula is C13H9BrClN3O3. The lowest BCUT2D eigenvalue weighted by atomic mass is 10.2. The first-order valence-corrected chi connectivity index (χ1v) is 6.81. The van der Waals surface area contributed by atoms with Gasteiger partial charge in [-0.1, -0.05) is 27.5 Å². The summed E-state index contributed by atoms with van der Waals surface area (Å²) in [6, 6.07) is 8.78. The van der Waals surface area contributed by atoms with Gasteiger partial charge in [0, 0.05) is 10.5 Å². The number of benzene rings is 2. The van der Waals surface area contributed by atoms with Gasteiger partial charge in [0.1, 0.15) is 11.6 Å². The molecule has 108 valence electrons. The van der Waals surface area contributed by atoms with Crippen LogP contribution >= 0.6 is 27.5 Å². The highest BCUT2D eigenvalue weighted by molar-refractivity contribution is 9.10. The Kier molecular flexibility index (Phi) is 4.44. The number of nitrogen functional groups attached to an aromatic ring is 1. The Balaban J connectivity index is 2.47. The molecule has 0 radical (unpaired) electrons. The number of rotatable bonds is 4. The highest BCUT2D eigenvalue weighted by Gasteiger charge is 2.14. The van der Waals surface area contributed by atoms with Crippen LogP contribution in [0.1, 0.15) is 5.56 Å². The fourth-order valence-electron chi connectivity index (χ4n) is 1.61. The predicted octanol–water partition coefficient (Wildman–Crippen LogP) is 4.09. The number of halogens is 2. The molecule has 0 unspecified atom stereocenters. The van der Waals surface area contributed by atoms with E-state index in [1.807, 2.05) is 0 Å². The number of nitrogens with one attached hydrogen (secondary N) is 1. The van der Waals surface area contributed by atoms with Crippen molar-refractivity contribution in [2.75, 3.05) is 0 Å². The van der Waals surface area contributed by atoms with E-state index >= 15 is 0 Å². The van der Waals surface area contributed by atoms with Crippen molar-refractivity contribution in [3.05, 3.63) is 61.6 Å². The van der Waals surface area contributed by atoms with Gasteiger partial charge in [-0.3, -0.25) is 15.5 Å². The number of hydrogen-bond donors (Lipinski definition) is 2. The summed E-state index contributed by atoms with van der Waals surface area (Å²) in [6.07, 6.45) is 0. The van der Waals surface area contributed by atoms with Crippen LogP contribution in [0.2, 0.25) is 5.02 Å². The number of non-ortho nitro benzene ring substituents is 1. The lowest BCUT2D eigenvalue weighted by Gasteiger charge is -2.11. The second-order valence-corrected chi connectivity index (χ2v) is 5.35. The van der Waals surface area contributed by atoms with Crippen LogP contribution in [0.4, 0.5) is 5.69 Å². The summed E-state index contributed by atoms with van der Waals surface area (Å²) in [5.41, 5.74) is 5.70. The van der Waals surface area contributed by atoms with Crippen LogP contribution in [0.15, 0.2) is 40.9 Å². The molecule has 0 spiro atoms. The molecule has 0 amide bonds. The molecule has 0 aromatic heterocycles. The Morgan fingerprint density at radius 2 is 2.00 bits per heavy atom. The number of nitrogens with zero attached hydrogens (tertiary/aromatic N) is 1. The first kappa shape index (κ1) is 15.3. The molecule has 21 heavy (non-hydrogen) atoms. The largest absolute Gasteiger partial charge is 0.455 e. The number of nitro benzene ring substituents is 1. The summed E-state index contributed by atoms with van der Waals surface area (Å²) in [4.78, 5) is 10.2. The third-order valence-electron chi connectivity index (χ3n) is 2.58. The minimum Gasteiger partial charge on any atom is -0.455 e. The van der Waals surface area contributed by atoms with Crippen LogP contribution in [0.25, 0.3) is 0 Å². The minimum absolute atomic E-state index is 0.117. The molecule has 0 fully saturated rings. The summed E-state index contributed by atoms with van der Waals surface area (Å²) < 4.78 is 6.30. The summed E-state index contributed by atoms with van der Waals surface area (Å²) in [7, 11) is 0. The Labute approximate surface area is 133 Å². The van der Waals surface area contributed by atoms with Crippen molar-refractivity contribution in [3.63, 3.8) is 0 Å². The van der Waals surface area contributed by atoms with E-state index in [0.717, 1.165) is 0 Å². The molecule has 0 aliphatic heterocycles. The Hall–Kier alpha value is -2.12. The van der Waals surface area contributed by atoms with Crippen molar-refractivity contribution >= 4 is 39.1 Å². The second kappa shape index (κ2) is 6.11. The van der Waals surface area contributed by atoms with Crippen LogP contribution in [0.3, 0.4) is 0 Å². The van der Waals surface area contributed by atoms with E-state index in [-0.39, 0.29) is 28.0 Å². The quantitative estimate of drug-likeness (QED) is 0.366. The molecule has 2 rings (SSSR count). The van der Waals surface area contributed by atoms with Gasteiger partial charge < -0.3 is 10.5 Å². The summed E-state index contributed by atoms with van der Waals surface area (Å²) in [5, 5.41) is 18.5.